The number of hydrogen-bond donors (Lipinski definition) is 0. The van der Waals surface area contributed by atoms with Gasteiger partial charge in [0.1, 0.15) is 5.75 Å². The fraction of sp³-hybridized carbons (Fsp3) is 0.222. The Hall–Kier alpha value is -3.11. The molecule has 4 aromatic rings. The minimum Gasteiger partial charge on any atom is -0.497 e. The van der Waals surface area contributed by atoms with Crippen molar-refractivity contribution < 1.29 is 4.74 Å². The molecular weight excluding hydrogens is 400 g/mol. The van der Waals surface area contributed by atoms with Crippen molar-refractivity contribution >= 4 is 17.0 Å². The summed E-state index contributed by atoms with van der Waals surface area (Å²) in [5, 5.41) is 0. The summed E-state index contributed by atoms with van der Waals surface area (Å²) in [4.78, 5) is 7.32. The van der Waals surface area contributed by atoms with Crippen LogP contribution in [0.5, 0.6) is 5.75 Å². The number of aromatic nitrogens is 1. The molecule has 0 saturated carbocycles. The van der Waals surface area contributed by atoms with Crippen LogP contribution in [0.1, 0.15) is 22.9 Å². The first-order valence-corrected chi connectivity index (χ1v) is 11.5. The van der Waals surface area contributed by atoms with E-state index in [2.05, 4.69) is 85.1 Å². The molecule has 4 heteroatoms. The van der Waals surface area contributed by atoms with Crippen molar-refractivity contribution in [2.75, 3.05) is 7.11 Å². The van der Waals surface area contributed by atoms with E-state index < -0.39 is 0 Å². The third kappa shape index (κ3) is 4.97. The summed E-state index contributed by atoms with van der Waals surface area (Å²) in [6.45, 7) is 5.23. The largest absolute Gasteiger partial charge is 0.497 e. The van der Waals surface area contributed by atoms with Crippen molar-refractivity contribution in [3.63, 3.8) is 0 Å². The topological polar surface area (TPSA) is 26.5 Å². The lowest BCUT2D eigenvalue weighted by molar-refractivity contribution is 0.415. The zero-order chi connectivity index (χ0) is 21.6. The molecule has 0 aliphatic heterocycles. The Morgan fingerprint density at radius 2 is 1.58 bits per heavy atom. The van der Waals surface area contributed by atoms with Crippen LogP contribution >= 0.6 is 11.3 Å². The van der Waals surface area contributed by atoms with Crippen LogP contribution in [-0.2, 0) is 19.4 Å². The molecule has 3 nitrogen and oxygen atoms in total. The van der Waals surface area contributed by atoms with Gasteiger partial charge in [-0.1, -0.05) is 49.4 Å². The van der Waals surface area contributed by atoms with Crippen LogP contribution in [0.3, 0.4) is 0 Å². The molecule has 3 aromatic carbocycles. The average molecular weight is 429 g/mol. The van der Waals surface area contributed by atoms with Gasteiger partial charge in [0.25, 0.3) is 0 Å². The Bertz CT molecular complexity index is 1190. The quantitative estimate of drug-likeness (QED) is 0.327. The summed E-state index contributed by atoms with van der Waals surface area (Å²) in [5.74, 6) is 0.869. The number of aryl methyl sites for hydroxylation is 3. The predicted molar refractivity (Wildman–Crippen MR) is 130 cm³/mol. The Morgan fingerprint density at radius 3 is 2.23 bits per heavy atom. The standard InChI is InChI=1S/C27H28N2OS/c1-4-21-10-14-24(15-11-21)28-27-29(19-18-22-8-6-5-7-9-22)26(20(2)31-27)23-12-16-25(30-3)17-13-23/h5-17H,4,18-19H2,1-3H3. The van der Waals surface area contributed by atoms with E-state index in [0.717, 1.165) is 35.6 Å². The second-order valence-electron chi connectivity index (χ2n) is 7.54. The molecule has 1 aromatic heterocycles. The van der Waals surface area contributed by atoms with Gasteiger partial charge >= 0.3 is 0 Å². The summed E-state index contributed by atoms with van der Waals surface area (Å²) in [7, 11) is 1.70. The van der Waals surface area contributed by atoms with Crippen molar-refractivity contribution in [2.45, 2.75) is 33.2 Å². The molecule has 1 heterocycles. The number of benzene rings is 3. The van der Waals surface area contributed by atoms with E-state index in [1.54, 1.807) is 18.4 Å². The number of nitrogens with zero attached hydrogens (tertiary/aromatic N) is 2. The van der Waals surface area contributed by atoms with Gasteiger partial charge in [-0.2, -0.15) is 0 Å². The number of ether oxygens (including phenoxy) is 1. The molecule has 0 radical (unpaired) electrons. The van der Waals surface area contributed by atoms with Gasteiger partial charge in [0.05, 0.1) is 18.5 Å². The van der Waals surface area contributed by atoms with Crippen LogP contribution in [0.2, 0.25) is 0 Å². The second-order valence-corrected chi connectivity index (χ2v) is 8.72. The van der Waals surface area contributed by atoms with Gasteiger partial charge in [-0.3, -0.25) is 0 Å². The molecule has 0 atom stereocenters. The second kappa shape index (κ2) is 9.80. The van der Waals surface area contributed by atoms with Crippen molar-refractivity contribution in [2.24, 2.45) is 4.99 Å². The SMILES string of the molecule is CCc1ccc(N=c2sc(C)c(-c3ccc(OC)cc3)n2CCc2ccccc2)cc1. The van der Waals surface area contributed by atoms with Crippen LogP contribution in [0.25, 0.3) is 11.3 Å². The third-order valence-electron chi connectivity index (χ3n) is 5.48. The van der Waals surface area contributed by atoms with Crippen LogP contribution < -0.4 is 9.54 Å². The highest BCUT2D eigenvalue weighted by Crippen LogP contribution is 2.28. The highest BCUT2D eigenvalue weighted by Gasteiger charge is 2.13. The highest BCUT2D eigenvalue weighted by atomic mass is 32.1. The molecule has 0 fully saturated rings. The number of thiazole rings is 1. The first-order valence-electron chi connectivity index (χ1n) is 10.7. The van der Waals surface area contributed by atoms with Crippen LogP contribution in [0.4, 0.5) is 5.69 Å². The molecule has 0 amide bonds. The summed E-state index contributed by atoms with van der Waals surface area (Å²) in [6.07, 6.45) is 2.00. The van der Waals surface area contributed by atoms with E-state index in [0.29, 0.717) is 0 Å². The highest BCUT2D eigenvalue weighted by molar-refractivity contribution is 7.09. The van der Waals surface area contributed by atoms with E-state index in [1.165, 1.54) is 27.3 Å². The fourth-order valence-corrected chi connectivity index (χ4v) is 4.77. The monoisotopic (exact) mass is 428 g/mol. The Balaban J connectivity index is 1.78. The Labute approximate surface area is 188 Å². The lowest BCUT2D eigenvalue weighted by Gasteiger charge is -2.11. The van der Waals surface area contributed by atoms with E-state index in [9.17, 15) is 0 Å². The summed E-state index contributed by atoms with van der Waals surface area (Å²) in [6, 6.07) is 27.5. The molecule has 0 spiro atoms. The average Bonchev–Trinajstić information content (AvgIpc) is 3.13. The van der Waals surface area contributed by atoms with Crippen LogP contribution in [-0.4, -0.2) is 11.7 Å². The van der Waals surface area contributed by atoms with E-state index in [1.807, 2.05) is 12.1 Å². The summed E-state index contributed by atoms with van der Waals surface area (Å²) >= 11 is 1.75. The molecule has 0 saturated heterocycles. The smallest absolute Gasteiger partial charge is 0.190 e. The molecule has 0 bridgehead atoms. The van der Waals surface area contributed by atoms with Gasteiger partial charge in [0.2, 0.25) is 0 Å². The lowest BCUT2D eigenvalue weighted by atomic mass is 10.1. The molecule has 4 rings (SSSR count). The minimum atomic E-state index is 0.869. The lowest BCUT2D eigenvalue weighted by Crippen LogP contribution is -2.17. The van der Waals surface area contributed by atoms with Gasteiger partial charge in [-0.15, -0.1) is 11.3 Å². The maximum Gasteiger partial charge on any atom is 0.190 e. The van der Waals surface area contributed by atoms with Crippen molar-refractivity contribution in [3.05, 3.63) is 99.7 Å². The molecular formula is C27H28N2OS. The van der Waals surface area contributed by atoms with Gasteiger partial charge in [-0.05, 0) is 72.9 Å². The number of rotatable bonds is 7. The third-order valence-corrected chi connectivity index (χ3v) is 6.47. The molecule has 31 heavy (non-hydrogen) atoms. The summed E-state index contributed by atoms with van der Waals surface area (Å²) < 4.78 is 7.71. The number of methoxy groups -OCH3 is 1. The van der Waals surface area contributed by atoms with Crippen LogP contribution in [0, 0.1) is 6.92 Å². The first-order chi connectivity index (χ1) is 15.2. The summed E-state index contributed by atoms with van der Waals surface area (Å²) in [5.41, 5.74) is 6.07. The van der Waals surface area contributed by atoms with E-state index in [4.69, 9.17) is 9.73 Å². The predicted octanol–water partition coefficient (Wildman–Crippen LogP) is 6.57. The van der Waals surface area contributed by atoms with Crippen molar-refractivity contribution in [1.29, 1.82) is 0 Å². The minimum absolute atomic E-state index is 0.869. The Morgan fingerprint density at radius 1 is 0.871 bits per heavy atom. The maximum atomic E-state index is 5.35. The van der Waals surface area contributed by atoms with Gasteiger partial charge in [0.15, 0.2) is 4.80 Å². The van der Waals surface area contributed by atoms with Gasteiger partial charge < -0.3 is 9.30 Å². The molecule has 158 valence electrons. The zero-order valence-corrected chi connectivity index (χ0v) is 19.2. The molecule has 0 N–H and O–H groups in total. The first kappa shape index (κ1) is 21.1. The maximum absolute atomic E-state index is 5.35. The number of hydrogen-bond acceptors (Lipinski definition) is 3. The molecule has 0 aliphatic carbocycles. The Kier molecular flexibility index (Phi) is 6.68. The normalized spacial score (nSPS) is 11.6. The molecule has 0 aliphatic rings. The van der Waals surface area contributed by atoms with Crippen LogP contribution in [0.15, 0.2) is 83.9 Å². The molecule has 0 unspecified atom stereocenters. The van der Waals surface area contributed by atoms with Crippen molar-refractivity contribution in [3.8, 4) is 17.0 Å². The van der Waals surface area contributed by atoms with E-state index >= 15 is 0 Å². The van der Waals surface area contributed by atoms with Gasteiger partial charge in [-0.25, -0.2) is 4.99 Å². The van der Waals surface area contributed by atoms with Crippen molar-refractivity contribution in [1.82, 2.24) is 4.57 Å². The van der Waals surface area contributed by atoms with E-state index in [-0.39, 0.29) is 0 Å². The van der Waals surface area contributed by atoms with Gasteiger partial charge in [0, 0.05) is 11.4 Å². The fourth-order valence-electron chi connectivity index (χ4n) is 3.73. The zero-order valence-electron chi connectivity index (χ0n) is 18.3.